The zero-order chi connectivity index (χ0) is 10.5. The van der Waals surface area contributed by atoms with Crippen molar-refractivity contribution in [3.63, 3.8) is 0 Å². The Morgan fingerprint density at radius 1 is 1.13 bits per heavy atom. The molecule has 0 aromatic carbocycles. The number of hydrogen-bond acceptors (Lipinski definition) is 2. The van der Waals surface area contributed by atoms with Gasteiger partial charge < -0.3 is 5.32 Å². The Labute approximate surface area is 102 Å². The molecule has 3 fully saturated rings. The largest absolute Gasteiger partial charge is 0.314 e. The van der Waals surface area contributed by atoms with Gasteiger partial charge in [-0.3, -0.25) is 4.90 Å². The molecule has 0 unspecified atom stereocenters. The third-order valence-corrected chi connectivity index (χ3v) is 4.54. The summed E-state index contributed by atoms with van der Waals surface area (Å²) in [5.41, 5.74) is 0. The molecule has 1 aliphatic carbocycles. The summed E-state index contributed by atoms with van der Waals surface area (Å²) in [5.74, 6) is 1.05. The zero-order valence-corrected chi connectivity index (χ0v) is 11.1. The van der Waals surface area contributed by atoms with Gasteiger partial charge >= 0.3 is 0 Å². The van der Waals surface area contributed by atoms with Crippen molar-refractivity contribution in [2.75, 3.05) is 31.5 Å². The molecule has 2 aliphatic heterocycles. The van der Waals surface area contributed by atoms with Gasteiger partial charge in [0.2, 0.25) is 0 Å². The Kier molecular flexibility index (Phi) is 4.92. The van der Waals surface area contributed by atoms with Gasteiger partial charge in [0.1, 0.15) is 0 Å². The molecule has 1 atom stereocenters. The van der Waals surface area contributed by atoms with Crippen LogP contribution in [-0.4, -0.2) is 42.5 Å². The summed E-state index contributed by atoms with van der Waals surface area (Å²) in [6, 6.07) is 0.877. The monoisotopic (exact) mass is 274 g/mol. The number of piperidine rings is 1. The van der Waals surface area contributed by atoms with E-state index >= 15 is 0 Å². The molecule has 88 valence electrons. The highest BCUT2D eigenvalue weighted by atomic mass is 79.9. The van der Waals surface area contributed by atoms with E-state index in [9.17, 15) is 0 Å². The van der Waals surface area contributed by atoms with Gasteiger partial charge in [0.15, 0.2) is 0 Å². The Hall–Kier alpha value is 0.400. The normalized spacial score (nSPS) is 31.4. The van der Waals surface area contributed by atoms with Gasteiger partial charge in [0.25, 0.3) is 0 Å². The highest BCUT2D eigenvalue weighted by molar-refractivity contribution is 9.09. The van der Waals surface area contributed by atoms with E-state index in [-0.39, 0.29) is 0 Å². The maximum Gasteiger partial charge on any atom is 0.0221 e. The highest BCUT2D eigenvalue weighted by Gasteiger charge is 2.23. The standard InChI is InChI=1S/C8H16N2.C4H7Br/c1-2-5-10-6-4-9-7-8(10)3-1;5-3-4-1-2-4/h8-9H,1-7H2;4H,1-3H2/t8-;/m1./s1. The van der Waals surface area contributed by atoms with Crippen molar-refractivity contribution < 1.29 is 0 Å². The first-order valence-electron chi connectivity index (χ1n) is 6.41. The van der Waals surface area contributed by atoms with Crippen molar-refractivity contribution in [1.82, 2.24) is 10.2 Å². The molecule has 1 saturated carbocycles. The smallest absolute Gasteiger partial charge is 0.0221 e. The lowest BCUT2D eigenvalue weighted by Crippen LogP contribution is -2.53. The number of piperazine rings is 1. The zero-order valence-electron chi connectivity index (χ0n) is 9.55. The predicted octanol–water partition coefficient (Wildman–Crippen LogP) is 2.24. The van der Waals surface area contributed by atoms with E-state index < -0.39 is 0 Å². The first kappa shape index (κ1) is 11.9. The molecular formula is C12H23BrN2. The lowest BCUT2D eigenvalue weighted by Gasteiger charge is -2.39. The van der Waals surface area contributed by atoms with Crippen molar-refractivity contribution in [3.05, 3.63) is 0 Å². The summed E-state index contributed by atoms with van der Waals surface area (Å²) in [4.78, 5) is 2.64. The summed E-state index contributed by atoms with van der Waals surface area (Å²) < 4.78 is 0. The second kappa shape index (κ2) is 6.21. The number of rotatable bonds is 1. The van der Waals surface area contributed by atoms with Crippen molar-refractivity contribution in [1.29, 1.82) is 0 Å². The fraction of sp³-hybridized carbons (Fsp3) is 1.00. The Morgan fingerprint density at radius 2 is 2.00 bits per heavy atom. The molecule has 2 nitrogen and oxygen atoms in total. The SMILES string of the molecule is BrCC1CC1.C1CCN2CCNC[C@H]2C1. The fourth-order valence-electron chi connectivity index (χ4n) is 2.35. The molecular weight excluding hydrogens is 252 g/mol. The van der Waals surface area contributed by atoms with Crippen molar-refractivity contribution in [2.45, 2.75) is 38.1 Å². The summed E-state index contributed by atoms with van der Waals surface area (Å²) in [6.45, 7) is 5.08. The number of halogens is 1. The Bertz CT molecular complexity index is 156. The maximum absolute atomic E-state index is 3.44. The van der Waals surface area contributed by atoms with Crippen molar-refractivity contribution in [2.24, 2.45) is 5.92 Å². The van der Waals surface area contributed by atoms with Crippen LogP contribution < -0.4 is 5.32 Å². The first-order valence-corrected chi connectivity index (χ1v) is 7.53. The Morgan fingerprint density at radius 3 is 2.60 bits per heavy atom. The summed E-state index contributed by atoms with van der Waals surface area (Å²) in [6.07, 6.45) is 7.23. The maximum atomic E-state index is 3.44. The molecule has 0 radical (unpaired) electrons. The van der Waals surface area contributed by atoms with E-state index in [1.165, 1.54) is 63.6 Å². The van der Waals surface area contributed by atoms with Gasteiger partial charge in [-0.1, -0.05) is 22.4 Å². The van der Waals surface area contributed by atoms with Crippen LogP contribution >= 0.6 is 15.9 Å². The highest BCUT2D eigenvalue weighted by Crippen LogP contribution is 2.30. The van der Waals surface area contributed by atoms with E-state index in [1.807, 2.05) is 0 Å². The first-order chi connectivity index (χ1) is 7.40. The van der Waals surface area contributed by atoms with Crippen LogP contribution in [0.4, 0.5) is 0 Å². The van der Waals surface area contributed by atoms with E-state index in [0.29, 0.717) is 0 Å². The van der Waals surface area contributed by atoms with Crippen LogP contribution in [0.15, 0.2) is 0 Å². The van der Waals surface area contributed by atoms with Crippen LogP contribution in [0, 0.1) is 5.92 Å². The fourth-order valence-corrected chi connectivity index (χ4v) is 3.00. The second-order valence-electron chi connectivity index (χ2n) is 4.99. The second-order valence-corrected chi connectivity index (χ2v) is 5.63. The molecule has 0 bridgehead atoms. The van der Waals surface area contributed by atoms with E-state index in [4.69, 9.17) is 0 Å². The molecule has 0 spiro atoms. The van der Waals surface area contributed by atoms with Crippen LogP contribution in [0.25, 0.3) is 0 Å². The van der Waals surface area contributed by atoms with Gasteiger partial charge in [-0.15, -0.1) is 0 Å². The summed E-state index contributed by atoms with van der Waals surface area (Å²) in [7, 11) is 0. The van der Waals surface area contributed by atoms with Crippen molar-refractivity contribution in [3.8, 4) is 0 Å². The minimum Gasteiger partial charge on any atom is -0.314 e. The van der Waals surface area contributed by atoms with E-state index in [0.717, 1.165) is 12.0 Å². The van der Waals surface area contributed by atoms with Crippen LogP contribution in [-0.2, 0) is 0 Å². The number of nitrogens with one attached hydrogen (secondary N) is 1. The topological polar surface area (TPSA) is 15.3 Å². The summed E-state index contributed by atoms with van der Waals surface area (Å²) in [5, 5.41) is 4.67. The number of nitrogens with zero attached hydrogens (tertiary/aromatic N) is 1. The average molecular weight is 275 g/mol. The minimum absolute atomic E-state index is 0.877. The van der Waals surface area contributed by atoms with Gasteiger partial charge in [-0.25, -0.2) is 0 Å². The van der Waals surface area contributed by atoms with Crippen LogP contribution in [0.5, 0.6) is 0 Å². The van der Waals surface area contributed by atoms with Gasteiger partial charge in [0, 0.05) is 31.0 Å². The summed E-state index contributed by atoms with van der Waals surface area (Å²) >= 11 is 3.38. The Balaban J connectivity index is 0.000000144. The number of fused-ring (bicyclic) bond motifs is 1. The van der Waals surface area contributed by atoms with Crippen LogP contribution in [0.1, 0.15) is 32.1 Å². The van der Waals surface area contributed by atoms with Crippen LogP contribution in [0.2, 0.25) is 0 Å². The molecule has 3 heteroatoms. The average Bonchev–Trinajstić information content (AvgIpc) is 3.14. The van der Waals surface area contributed by atoms with Gasteiger partial charge in [0.05, 0.1) is 0 Å². The molecule has 3 aliphatic rings. The molecule has 1 N–H and O–H groups in total. The molecule has 3 rings (SSSR count). The molecule has 0 amide bonds. The molecule has 15 heavy (non-hydrogen) atoms. The number of hydrogen-bond donors (Lipinski definition) is 1. The molecule has 2 saturated heterocycles. The third-order valence-electron chi connectivity index (χ3n) is 3.62. The lowest BCUT2D eigenvalue weighted by atomic mass is 10.0. The van der Waals surface area contributed by atoms with Crippen LogP contribution in [0.3, 0.4) is 0 Å². The molecule has 2 heterocycles. The van der Waals surface area contributed by atoms with Crippen molar-refractivity contribution >= 4 is 15.9 Å². The molecule has 0 aromatic heterocycles. The quantitative estimate of drug-likeness (QED) is 0.738. The minimum atomic E-state index is 0.877. The predicted molar refractivity (Wildman–Crippen MR) is 68.6 cm³/mol. The van der Waals surface area contributed by atoms with E-state index in [2.05, 4.69) is 26.1 Å². The van der Waals surface area contributed by atoms with Gasteiger partial charge in [-0.05, 0) is 38.1 Å². The number of alkyl halides is 1. The third kappa shape index (κ3) is 4.04. The lowest BCUT2D eigenvalue weighted by molar-refractivity contribution is 0.121. The van der Waals surface area contributed by atoms with E-state index in [1.54, 1.807) is 0 Å². The molecule has 0 aromatic rings. The van der Waals surface area contributed by atoms with Gasteiger partial charge in [-0.2, -0.15) is 0 Å².